The molecule has 3 fully saturated rings. The van der Waals surface area contributed by atoms with E-state index < -0.39 is 34.1 Å². The first kappa shape index (κ1) is 21.4. The summed E-state index contributed by atoms with van der Waals surface area (Å²) in [5.74, 6) is -1.12. The van der Waals surface area contributed by atoms with E-state index in [4.69, 9.17) is 0 Å². The molecule has 3 rings (SSSR count). The van der Waals surface area contributed by atoms with Crippen LogP contribution in [-0.2, 0) is 9.59 Å². The molecule has 0 saturated heterocycles. The second-order valence-electron chi connectivity index (χ2n) is 9.47. The highest BCUT2D eigenvalue weighted by atomic mass is 79.9. The lowest BCUT2D eigenvalue weighted by molar-refractivity contribution is -0.231. The van der Waals surface area contributed by atoms with Gasteiger partial charge < -0.3 is 10.2 Å². The largest absolute Gasteiger partial charge is 0.390 e. The fourth-order valence-electron chi connectivity index (χ4n) is 6.72. The maximum atomic E-state index is 16.7. The average molecular weight is 447 g/mol. The van der Waals surface area contributed by atoms with E-state index in [1.165, 1.54) is 0 Å². The van der Waals surface area contributed by atoms with E-state index in [1.54, 1.807) is 6.92 Å². The van der Waals surface area contributed by atoms with Crippen LogP contribution in [-0.4, -0.2) is 44.5 Å². The smallest absolute Gasteiger partial charge is 0.175 e. The number of ketones is 2. The molecule has 0 amide bonds. The van der Waals surface area contributed by atoms with Gasteiger partial charge >= 0.3 is 0 Å². The summed E-state index contributed by atoms with van der Waals surface area (Å²) in [7, 11) is 0. The quantitative estimate of drug-likeness (QED) is 0.630. The van der Waals surface area contributed by atoms with Crippen molar-refractivity contribution in [2.45, 2.75) is 89.5 Å². The molecule has 0 aliphatic heterocycles. The normalized spacial score (nSPS) is 49.6. The third-order valence-corrected chi connectivity index (χ3v) is 8.97. The summed E-state index contributed by atoms with van der Waals surface area (Å²) in [6, 6.07) is 0. The second-order valence-corrected chi connectivity index (χ2v) is 10.0. The number of halogens is 2. The molecule has 6 heteroatoms. The summed E-state index contributed by atoms with van der Waals surface area (Å²) < 4.78 is 16.7. The predicted molar refractivity (Wildman–Crippen MR) is 104 cm³/mol. The average Bonchev–Trinajstić information content (AvgIpc) is 2.89. The van der Waals surface area contributed by atoms with E-state index in [1.807, 2.05) is 13.8 Å². The van der Waals surface area contributed by atoms with Crippen LogP contribution in [0.15, 0.2) is 0 Å². The van der Waals surface area contributed by atoms with Crippen molar-refractivity contribution in [3.05, 3.63) is 0 Å². The van der Waals surface area contributed by atoms with E-state index in [0.717, 1.165) is 12.8 Å². The minimum Gasteiger partial charge on any atom is -0.390 e. The number of Topliss-reactive ketones (excluding diaryl/α,β-unsaturated/α-hetero) is 2. The number of carbonyl (C=O) groups is 2. The maximum Gasteiger partial charge on any atom is 0.175 e. The first-order valence-corrected chi connectivity index (χ1v) is 11.4. The molecule has 0 bridgehead atoms. The number of aliphatic hydroxyl groups excluding tert-OH is 1. The van der Waals surface area contributed by atoms with Gasteiger partial charge in [0.25, 0.3) is 0 Å². The standard InChI is InChI=1S/C21H32BrFO4/c1-4-5-9-18(2)15(24)7-6-14-13-8-10-20(27,17(26)12-22)19(13,3)11-16(25)21(14,18)23/h13-14,16,25,27H,4-12H2,1-3H3/t13-,14-,16-,18-,19-,20-,21?/m0/s1. The molecule has 0 heterocycles. The van der Waals surface area contributed by atoms with Gasteiger partial charge in [0, 0.05) is 17.8 Å². The summed E-state index contributed by atoms with van der Waals surface area (Å²) in [6.07, 6.45) is 2.21. The lowest BCUT2D eigenvalue weighted by Gasteiger charge is -2.61. The van der Waals surface area contributed by atoms with Crippen LogP contribution in [0.2, 0.25) is 0 Å². The van der Waals surface area contributed by atoms with Crippen molar-refractivity contribution >= 4 is 27.5 Å². The molecule has 0 radical (unpaired) electrons. The fourth-order valence-corrected chi connectivity index (χ4v) is 7.19. The monoisotopic (exact) mass is 446 g/mol. The Hall–Kier alpha value is -0.330. The van der Waals surface area contributed by atoms with Crippen LogP contribution in [0.5, 0.6) is 0 Å². The summed E-state index contributed by atoms with van der Waals surface area (Å²) in [6.45, 7) is 5.53. The molecule has 3 aliphatic rings. The number of hydrogen-bond donors (Lipinski definition) is 2. The Morgan fingerprint density at radius 1 is 1.30 bits per heavy atom. The highest BCUT2D eigenvalue weighted by molar-refractivity contribution is 9.09. The highest BCUT2D eigenvalue weighted by Gasteiger charge is 2.74. The topological polar surface area (TPSA) is 74.6 Å². The Morgan fingerprint density at radius 2 is 1.96 bits per heavy atom. The van der Waals surface area contributed by atoms with Crippen molar-refractivity contribution in [2.75, 3.05) is 5.33 Å². The van der Waals surface area contributed by atoms with E-state index in [0.29, 0.717) is 25.7 Å². The number of aliphatic hydroxyl groups is 2. The SMILES string of the molecule is CCCC[C@@]1(C)C(=O)CC[C@H]2[C@@H]3CC[C@](O)(C(=O)CBr)[C@@]3(C)C[C@H](O)C21F. The van der Waals surface area contributed by atoms with Crippen LogP contribution in [0.25, 0.3) is 0 Å². The van der Waals surface area contributed by atoms with E-state index >= 15 is 4.39 Å². The molecular weight excluding hydrogens is 415 g/mol. The zero-order valence-corrected chi connectivity index (χ0v) is 18.1. The van der Waals surface area contributed by atoms with Crippen LogP contribution >= 0.6 is 15.9 Å². The van der Waals surface area contributed by atoms with Crippen LogP contribution in [0.1, 0.15) is 72.1 Å². The number of unbranched alkanes of at least 4 members (excludes halogenated alkanes) is 1. The molecule has 4 nitrogen and oxygen atoms in total. The van der Waals surface area contributed by atoms with Crippen molar-refractivity contribution in [3.8, 4) is 0 Å². The van der Waals surface area contributed by atoms with Crippen molar-refractivity contribution in [3.63, 3.8) is 0 Å². The third kappa shape index (κ3) is 2.58. The van der Waals surface area contributed by atoms with Gasteiger partial charge in [-0.3, -0.25) is 9.59 Å². The Kier molecular flexibility index (Phi) is 5.44. The number of alkyl halides is 2. The summed E-state index contributed by atoms with van der Waals surface area (Å²) >= 11 is 3.16. The molecule has 0 aromatic heterocycles. The van der Waals surface area contributed by atoms with Gasteiger partial charge in [0.2, 0.25) is 0 Å². The predicted octanol–water partition coefficient (Wildman–Crippen LogP) is 3.75. The van der Waals surface area contributed by atoms with Gasteiger partial charge in [-0.25, -0.2) is 4.39 Å². The zero-order chi connectivity index (χ0) is 20.3. The maximum absolute atomic E-state index is 16.7. The van der Waals surface area contributed by atoms with Gasteiger partial charge in [0.15, 0.2) is 11.5 Å². The third-order valence-electron chi connectivity index (χ3n) is 8.46. The lowest BCUT2D eigenvalue weighted by Crippen LogP contribution is -2.70. The summed E-state index contributed by atoms with van der Waals surface area (Å²) in [5, 5.41) is 22.3. The molecule has 0 aromatic rings. The number of hydrogen-bond acceptors (Lipinski definition) is 4. The van der Waals surface area contributed by atoms with Gasteiger partial charge in [-0.2, -0.15) is 0 Å². The first-order valence-electron chi connectivity index (χ1n) is 10.2. The molecule has 3 saturated carbocycles. The molecule has 7 atom stereocenters. The summed E-state index contributed by atoms with van der Waals surface area (Å²) in [5.41, 5.74) is -5.62. The second kappa shape index (κ2) is 6.88. The Labute approximate surface area is 169 Å². The summed E-state index contributed by atoms with van der Waals surface area (Å²) in [4.78, 5) is 25.4. The first-order chi connectivity index (χ1) is 12.5. The van der Waals surface area contributed by atoms with Crippen LogP contribution in [0, 0.1) is 22.7 Å². The lowest BCUT2D eigenvalue weighted by atomic mass is 9.45. The molecule has 0 spiro atoms. The molecular formula is C21H32BrFO4. The van der Waals surface area contributed by atoms with Crippen molar-refractivity contribution in [2.24, 2.45) is 22.7 Å². The van der Waals surface area contributed by atoms with E-state index in [9.17, 15) is 19.8 Å². The Balaban J connectivity index is 2.06. The molecule has 0 aromatic carbocycles. The van der Waals surface area contributed by atoms with Crippen molar-refractivity contribution < 1.29 is 24.2 Å². The fraction of sp³-hybridized carbons (Fsp3) is 0.905. The Bertz CT molecular complexity index is 642. The highest BCUT2D eigenvalue weighted by Crippen LogP contribution is 2.68. The van der Waals surface area contributed by atoms with Crippen molar-refractivity contribution in [1.29, 1.82) is 0 Å². The van der Waals surface area contributed by atoms with Crippen LogP contribution < -0.4 is 0 Å². The number of carbonyl (C=O) groups excluding carboxylic acids is 2. The molecule has 27 heavy (non-hydrogen) atoms. The minimum atomic E-state index is -2.00. The van der Waals surface area contributed by atoms with Crippen LogP contribution in [0.3, 0.4) is 0 Å². The van der Waals surface area contributed by atoms with E-state index in [2.05, 4.69) is 15.9 Å². The van der Waals surface area contributed by atoms with Gasteiger partial charge in [0.1, 0.15) is 11.4 Å². The molecule has 3 aliphatic carbocycles. The molecule has 1 unspecified atom stereocenters. The van der Waals surface area contributed by atoms with Crippen molar-refractivity contribution in [1.82, 2.24) is 0 Å². The van der Waals surface area contributed by atoms with Gasteiger partial charge in [-0.05, 0) is 44.9 Å². The Morgan fingerprint density at radius 3 is 2.56 bits per heavy atom. The number of fused-ring (bicyclic) bond motifs is 3. The zero-order valence-electron chi connectivity index (χ0n) is 16.6. The van der Waals surface area contributed by atoms with Gasteiger partial charge in [-0.1, -0.05) is 42.6 Å². The van der Waals surface area contributed by atoms with Gasteiger partial charge in [-0.15, -0.1) is 0 Å². The van der Waals surface area contributed by atoms with Crippen LogP contribution in [0.4, 0.5) is 4.39 Å². The van der Waals surface area contributed by atoms with E-state index in [-0.39, 0.29) is 35.7 Å². The molecule has 2 N–H and O–H groups in total. The number of rotatable bonds is 5. The molecule has 154 valence electrons. The van der Waals surface area contributed by atoms with Gasteiger partial charge in [0.05, 0.1) is 16.8 Å². The minimum absolute atomic E-state index is 0.00883.